The molecule has 0 saturated carbocycles. The normalized spacial score (nSPS) is 11.4. The molecule has 8 heteroatoms. The minimum Gasteiger partial charge on any atom is -0.352 e. The van der Waals surface area contributed by atoms with E-state index in [2.05, 4.69) is 23.9 Å². The average Bonchev–Trinajstić information content (AvgIpc) is 2.54. The Morgan fingerprint density at radius 2 is 1.73 bits per heavy atom. The first-order valence-corrected chi connectivity index (χ1v) is 10.3. The third-order valence-electron chi connectivity index (χ3n) is 3.60. The van der Waals surface area contributed by atoms with Crippen molar-refractivity contribution in [3.8, 4) is 0 Å². The molecule has 0 aliphatic heterocycles. The Kier molecular flexibility index (Phi) is 6.92. The highest BCUT2D eigenvalue weighted by Crippen LogP contribution is 2.24. The maximum absolute atomic E-state index is 12.4. The number of rotatable bonds is 7. The number of carbonyl (C=O) groups excluding carboxylic acids is 1. The standard InChI is InChI=1S/C18H20Cl2N2O3S/c1-12(2)9-10-21-18(23)16-8-5-14(11-17(16)20)22-26(24,25)15-6-3-13(19)4-7-15/h3-8,11-12,22H,9-10H2,1-2H3,(H,21,23). The Labute approximate surface area is 163 Å². The quantitative estimate of drug-likeness (QED) is 0.696. The van der Waals surface area contributed by atoms with Gasteiger partial charge in [-0.05, 0) is 54.8 Å². The lowest BCUT2D eigenvalue weighted by atomic mass is 10.1. The molecule has 0 aliphatic rings. The summed E-state index contributed by atoms with van der Waals surface area (Å²) >= 11 is 11.9. The number of anilines is 1. The van der Waals surface area contributed by atoms with Gasteiger partial charge in [0.05, 0.1) is 21.2 Å². The summed E-state index contributed by atoms with van der Waals surface area (Å²) in [5.74, 6) is 0.193. The summed E-state index contributed by atoms with van der Waals surface area (Å²) in [6.07, 6.45) is 0.863. The molecule has 5 nitrogen and oxygen atoms in total. The van der Waals surface area contributed by atoms with Gasteiger partial charge in [0.15, 0.2) is 0 Å². The maximum Gasteiger partial charge on any atom is 0.261 e. The minimum absolute atomic E-state index is 0.0773. The summed E-state index contributed by atoms with van der Waals surface area (Å²) in [7, 11) is -3.77. The molecule has 1 amide bonds. The molecular weight excluding hydrogens is 395 g/mol. The summed E-state index contributed by atoms with van der Waals surface area (Å²) in [6, 6.07) is 10.2. The predicted molar refractivity (Wildman–Crippen MR) is 106 cm³/mol. The molecule has 0 unspecified atom stereocenters. The fourth-order valence-electron chi connectivity index (χ4n) is 2.16. The van der Waals surface area contributed by atoms with Gasteiger partial charge < -0.3 is 5.32 Å². The van der Waals surface area contributed by atoms with Crippen LogP contribution in [0.5, 0.6) is 0 Å². The Morgan fingerprint density at radius 3 is 2.31 bits per heavy atom. The molecule has 0 aromatic heterocycles. The fraction of sp³-hybridized carbons (Fsp3) is 0.278. The summed E-state index contributed by atoms with van der Waals surface area (Å²) in [5.41, 5.74) is 0.563. The number of carbonyl (C=O) groups is 1. The number of hydrogen-bond acceptors (Lipinski definition) is 3. The lowest BCUT2D eigenvalue weighted by Gasteiger charge is -2.11. The lowest BCUT2D eigenvalue weighted by Crippen LogP contribution is -2.25. The van der Waals surface area contributed by atoms with Crippen molar-refractivity contribution in [2.75, 3.05) is 11.3 Å². The molecule has 2 aromatic carbocycles. The molecule has 2 N–H and O–H groups in total. The first kappa shape index (κ1) is 20.6. The van der Waals surface area contributed by atoms with Gasteiger partial charge in [-0.3, -0.25) is 9.52 Å². The van der Waals surface area contributed by atoms with Crippen molar-refractivity contribution >= 4 is 44.8 Å². The van der Waals surface area contributed by atoms with Crippen LogP contribution in [-0.4, -0.2) is 20.9 Å². The van der Waals surface area contributed by atoms with Crippen LogP contribution in [0.2, 0.25) is 10.0 Å². The van der Waals surface area contributed by atoms with Crippen LogP contribution in [0.4, 0.5) is 5.69 Å². The Balaban J connectivity index is 2.11. The van der Waals surface area contributed by atoms with Crippen molar-refractivity contribution in [3.63, 3.8) is 0 Å². The minimum atomic E-state index is -3.77. The molecular formula is C18H20Cl2N2O3S. The van der Waals surface area contributed by atoms with E-state index < -0.39 is 10.0 Å². The molecule has 0 atom stereocenters. The summed E-state index contributed by atoms with van der Waals surface area (Å²) in [5, 5.41) is 3.41. The van der Waals surface area contributed by atoms with Crippen molar-refractivity contribution in [1.29, 1.82) is 0 Å². The van der Waals surface area contributed by atoms with Crippen molar-refractivity contribution in [2.45, 2.75) is 25.2 Å². The van der Waals surface area contributed by atoms with Gasteiger partial charge in [-0.25, -0.2) is 8.42 Å². The second kappa shape index (κ2) is 8.75. The van der Waals surface area contributed by atoms with Crippen LogP contribution in [0, 0.1) is 5.92 Å². The molecule has 0 spiro atoms. The van der Waals surface area contributed by atoms with E-state index in [1.165, 1.54) is 42.5 Å². The number of halogens is 2. The fourth-order valence-corrected chi connectivity index (χ4v) is 3.60. The summed E-state index contributed by atoms with van der Waals surface area (Å²) < 4.78 is 27.2. The highest BCUT2D eigenvalue weighted by Gasteiger charge is 2.16. The van der Waals surface area contributed by atoms with Gasteiger partial charge >= 0.3 is 0 Å². The molecule has 0 bridgehead atoms. The molecule has 0 aliphatic carbocycles. The van der Waals surface area contributed by atoms with E-state index in [-0.39, 0.29) is 21.5 Å². The number of amides is 1. The zero-order chi connectivity index (χ0) is 19.3. The number of nitrogens with one attached hydrogen (secondary N) is 2. The van der Waals surface area contributed by atoms with Crippen molar-refractivity contribution in [2.24, 2.45) is 5.92 Å². The largest absolute Gasteiger partial charge is 0.352 e. The number of sulfonamides is 1. The zero-order valence-corrected chi connectivity index (χ0v) is 16.8. The number of hydrogen-bond donors (Lipinski definition) is 2. The van der Waals surface area contributed by atoms with E-state index in [1.54, 1.807) is 0 Å². The second-order valence-electron chi connectivity index (χ2n) is 6.19. The van der Waals surface area contributed by atoms with Gasteiger partial charge in [0.25, 0.3) is 15.9 Å². The first-order chi connectivity index (χ1) is 12.2. The van der Waals surface area contributed by atoms with E-state index in [0.29, 0.717) is 23.0 Å². The van der Waals surface area contributed by atoms with E-state index in [1.807, 2.05) is 0 Å². The predicted octanol–water partition coefficient (Wildman–Crippen LogP) is 4.57. The van der Waals surface area contributed by atoms with E-state index in [9.17, 15) is 13.2 Å². The van der Waals surface area contributed by atoms with E-state index in [0.717, 1.165) is 6.42 Å². The highest BCUT2D eigenvalue weighted by atomic mass is 35.5. The van der Waals surface area contributed by atoms with Gasteiger partial charge in [-0.15, -0.1) is 0 Å². The zero-order valence-electron chi connectivity index (χ0n) is 14.4. The maximum atomic E-state index is 12.4. The first-order valence-electron chi connectivity index (χ1n) is 8.05. The van der Waals surface area contributed by atoms with Crippen molar-refractivity contribution in [1.82, 2.24) is 5.32 Å². The molecule has 0 fully saturated rings. The van der Waals surface area contributed by atoms with Crippen LogP contribution in [-0.2, 0) is 10.0 Å². The topological polar surface area (TPSA) is 75.3 Å². The van der Waals surface area contributed by atoms with Crippen molar-refractivity contribution in [3.05, 3.63) is 58.1 Å². The Hall–Kier alpha value is -1.76. The highest BCUT2D eigenvalue weighted by molar-refractivity contribution is 7.92. The molecule has 140 valence electrons. The van der Waals surface area contributed by atoms with Crippen LogP contribution in [0.25, 0.3) is 0 Å². The van der Waals surface area contributed by atoms with Crippen LogP contribution in [0.15, 0.2) is 47.4 Å². The van der Waals surface area contributed by atoms with Gasteiger partial charge in [0, 0.05) is 11.6 Å². The molecule has 2 aromatic rings. The summed E-state index contributed by atoms with van der Waals surface area (Å²) in [4.78, 5) is 12.2. The molecule has 2 rings (SSSR count). The van der Waals surface area contributed by atoms with Crippen LogP contribution in [0.3, 0.4) is 0 Å². The molecule has 0 heterocycles. The Bertz CT molecular complexity index is 882. The van der Waals surface area contributed by atoms with E-state index >= 15 is 0 Å². The molecule has 0 radical (unpaired) electrons. The van der Waals surface area contributed by atoms with Gasteiger partial charge in [-0.2, -0.15) is 0 Å². The van der Waals surface area contributed by atoms with Gasteiger partial charge in [-0.1, -0.05) is 37.0 Å². The van der Waals surface area contributed by atoms with Gasteiger partial charge in [0.2, 0.25) is 0 Å². The summed E-state index contributed by atoms with van der Waals surface area (Å²) in [6.45, 7) is 4.69. The smallest absolute Gasteiger partial charge is 0.261 e. The number of benzene rings is 2. The third kappa shape index (κ3) is 5.62. The lowest BCUT2D eigenvalue weighted by molar-refractivity contribution is 0.0952. The Morgan fingerprint density at radius 1 is 1.08 bits per heavy atom. The monoisotopic (exact) mass is 414 g/mol. The molecule has 0 saturated heterocycles. The average molecular weight is 415 g/mol. The second-order valence-corrected chi connectivity index (χ2v) is 8.72. The molecule has 26 heavy (non-hydrogen) atoms. The van der Waals surface area contributed by atoms with E-state index in [4.69, 9.17) is 23.2 Å². The third-order valence-corrected chi connectivity index (χ3v) is 5.56. The van der Waals surface area contributed by atoms with Crippen LogP contribution in [0.1, 0.15) is 30.6 Å². The van der Waals surface area contributed by atoms with Crippen LogP contribution < -0.4 is 10.0 Å². The van der Waals surface area contributed by atoms with Crippen molar-refractivity contribution < 1.29 is 13.2 Å². The SMILES string of the molecule is CC(C)CCNC(=O)c1ccc(NS(=O)(=O)c2ccc(Cl)cc2)cc1Cl. The van der Waals surface area contributed by atoms with Crippen LogP contribution >= 0.6 is 23.2 Å². The van der Waals surface area contributed by atoms with Gasteiger partial charge in [0.1, 0.15) is 0 Å².